The van der Waals surface area contributed by atoms with Gasteiger partial charge in [0.25, 0.3) is 0 Å². The quantitative estimate of drug-likeness (QED) is 0.0509. The minimum atomic E-state index is -0.260. The smallest absolute Gasteiger partial charge is 0.240 e. The number of rotatable bonds is 20. The maximum absolute atomic E-state index is 13.4. The van der Waals surface area contributed by atoms with Crippen molar-refractivity contribution < 1.29 is 28.8 Å². The fourth-order valence-corrected chi connectivity index (χ4v) is 6.99. The minimum Gasteiger partial charge on any atom is -0.326 e. The summed E-state index contributed by atoms with van der Waals surface area (Å²) in [5, 5.41) is 8.88. The average molecular weight is 837 g/mol. The van der Waals surface area contributed by atoms with Crippen molar-refractivity contribution in [3.8, 4) is 0 Å². The molecule has 0 unspecified atom stereocenters. The fraction of sp³-hybridized carbons (Fsp3) is 0.176. The van der Waals surface area contributed by atoms with E-state index < -0.39 is 0 Å². The van der Waals surface area contributed by atoms with Crippen LogP contribution in [0.1, 0.15) is 65.5 Å². The standard InChI is InChI=1S/C51H44N6O6/c58-33-52-43-15-1-36(2-16-43)29-39-7-21-46(22-8-39)55-49(61)27-13-42(32-51(63)57-48-25-11-41(12-26-48)31-38-5-19-45(20-6-38)54-35-60)14-28-50(62)56-47-23-9-40(10-24-47)30-37-3-17-44(18-4-37)53-34-59/h1-12,15-26,42H,13-14,27-32H2,(H,55,61)(H,56,62)(H,57,63). The monoisotopic (exact) mass is 836 g/mol. The van der Waals surface area contributed by atoms with E-state index in [1.165, 1.54) is 18.2 Å². The zero-order chi connectivity index (χ0) is 44.2. The molecule has 0 heterocycles. The number of amides is 3. The first-order valence-electron chi connectivity index (χ1n) is 20.4. The van der Waals surface area contributed by atoms with Crippen LogP contribution < -0.4 is 16.0 Å². The Bertz CT molecular complexity index is 2500. The third-order valence-corrected chi connectivity index (χ3v) is 10.3. The molecular formula is C51H44N6O6. The normalized spacial score (nSPS) is 10.9. The number of aliphatic imine (C=N–C) groups is 3. The maximum atomic E-state index is 13.4. The van der Waals surface area contributed by atoms with Gasteiger partial charge in [-0.2, -0.15) is 15.0 Å². The van der Waals surface area contributed by atoms with E-state index in [1.807, 2.05) is 109 Å². The Morgan fingerprint density at radius 2 is 0.635 bits per heavy atom. The van der Waals surface area contributed by atoms with E-state index in [4.69, 9.17) is 0 Å². The molecule has 0 atom stereocenters. The molecule has 0 saturated carbocycles. The summed E-state index contributed by atoms with van der Waals surface area (Å²) in [5.41, 5.74) is 9.80. The van der Waals surface area contributed by atoms with Gasteiger partial charge in [-0.25, -0.2) is 14.4 Å². The minimum absolute atomic E-state index is 0.117. The molecule has 0 aromatic heterocycles. The van der Waals surface area contributed by atoms with E-state index in [0.29, 0.717) is 66.2 Å². The summed E-state index contributed by atoms with van der Waals surface area (Å²) in [5.74, 6) is -0.875. The topological polar surface area (TPSA) is 176 Å². The molecule has 0 radical (unpaired) electrons. The van der Waals surface area contributed by atoms with Crippen molar-refractivity contribution >= 4 is 70.1 Å². The van der Waals surface area contributed by atoms with Crippen LogP contribution in [-0.4, -0.2) is 36.0 Å². The van der Waals surface area contributed by atoms with Gasteiger partial charge < -0.3 is 16.0 Å². The van der Waals surface area contributed by atoms with E-state index in [9.17, 15) is 28.8 Å². The number of nitrogens with zero attached hydrogens (tertiary/aromatic N) is 3. The highest BCUT2D eigenvalue weighted by Gasteiger charge is 2.18. The van der Waals surface area contributed by atoms with Crippen LogP contribution in [0.3, 0.4) is 0 Å². The third kappa shape index (κ3) is 14.8. The SMILES string of the molecule is O=C=Nc1ccc(Cc2ccc(NC(=O)CCC(CCC(=O)Nc3ccc(Cc4ccc(N=C=O)cc4)cc3)CC(=O)Nc3ccc(Cc4ccc(N=C=O)cc4)cc3)cc2)cc1. The van der Waals surface area contributed by atoms with Crippen molar-refractivity contribution in [2.24, 2.45) is 20.9 Å². The Labute approximate surface area is 364 Å². The Morgan fingerprint density at radius 3 is 0.905 bits per heavy atom. The number of anilines is 3. The number of benzene rings is 6. The van der Waals surface area contributed by atoms with Crippen LogP contribution in [0, 0.1) is 5.92 Å². The molecule has 3 N–H and O–H groups in total. The lowest BCUT2D eigenvalue weighted by atomic mass is 9.93. The number of nitrogens with one attached hydrogen (secondary N) is 3. The first kappa shape index (κ1) is 44.4. The number of carbonyl (C=O) groups excluding carboxylic acids is 6. The Kier molecular flexibility index (Phi) is 16.2. The van der Waals surface area contributed by atoms with E-state index in [2.05, 4.69) is 30.9 Å². The summed E-state index contributed by atoms with van der Waals surface area (Å²) < 4.78 is 0. The van der Waals surface area contributed by atoms with Crippen LogP contribution in [0.4, 0.5) is 34.1 Å². The molecule has 0 aliphatic heterocycles. The van der Waals surface area contributed by atoms with Gasteiger partial charge in [0.2, 0.25) is 36.0 Å². The summed E-state index contributed by atoms with van der Waals surface area (Å²) in [6.45, 7) is 0. The highest BCUT2D eigenvalue weighted by molar-refractivity contribution is 5.93. The second-order valence-corrected chi connectivity index (χ2v) is 15.0. The average Bonchev–Trinajstić information content (AvgIpc) is 3.29. The van der Waals surface area contributed by atoms with Crippen molar-refractivity contribution in [1.82, 2.24) is 0 Å². The summed E-state index contributed by atoms with van der Waals surface area (Å²) in [7, 11) is 0. The molecule has 6 aromatic rings. The van der Waals surface area contributed by atoms with Gasteiger partial charge >= 0.3 is 0 Å². The lowest BCUT2D eigenvalue weighted by Crippen LogP contribution is -2.21. The summed E-state index contributed by atoms with van der Waals surface area (Å²) in [6, 6.07) is 44.6. The predicted molar refractivity (Wildman–Crippen MR) is 243 cm³/mol. The second-order valence-electron chi connectivity index (χ2n) is 15.0. The lowest BCUT2D eigenvalue weighted by molar-refractivity contribution is -0.119. The number of hydrogen-bond donors (Lipinski definition) is 3. The predicted octanol–water partition coefficient (Wildman–Crippen LogP) is 10.1. The molecule has 12 nitrogen and oxygen atoms in total. The van der Waals surface area contributed by atoms with Gasteiger partial charge in [0, 0.05) is 36.3 Å². The molecular weight excluding hydrogens is 793 g/mol. The molecule has 0 bridgehead atoms. The second kappa shape index (κ2) is 23.0. The molecule has 63 heavy (non-hydrogen) atoms. The number of isocyanates is 3. The molecule has 6 aromatic carbocycles. The molecule has 0 saturated heterocycles. The number of hydrogen-bond acceptors (Lipinski definition) is 9. The van der Waals surface area contributed by atoms with Crippen LogP contribution in [0.25, 0.3) is 0 Å². The summed E-state index contributed by atoms with van der Waals surface area (Å²) in [6.07, 6.45) is 7.80. The van der Waals surface area contributed by atoms with Crippen LogP contribution in [0.15, 0.2) is 161 Å². The Balaban J connectivity index is 1.03. The summed E-state index contributed by atoms with van der Waals surface area (Å²) >= 11 is 0. The fourth-order valence-electron chi connectivity index (χ4n) is 6.99. The lowest BCUT2D eigenvalue weighted by Gasteiger charge is -2.17. The molecule has 0 fully saturated rings. The molecule has 6 rings (SSSR count). The number of carbonyl (C=O) groups is 3. The van der Waals surface area contributed by atoms with Crippen LogP contribution >= 0.6 is 0 Å². The van der Waals surface area contributed by atoms with Crippen LogP contribution in [-0.2, 0) is 48.0 Å². The Hall–Kier alpha value is -8.13. The van der Waals surface area contributed by atoms with Gasteiger partial charge in [-0.3, -0.25) is 14.4 Å². The van der Waals surface area contributed by atoms with Gasteiger partial charge in [0.15, 0.2) is 0 Å². The van der Waals surface area contributed by atoms with E-state index >= 15 is 0 Å². The van der Waals surface area contributed by atoms with Crippen molar-refractivity contribution in [1.29, 1.82) is 0 Å². The highest BCUT2D eigenvalue weighted by Crippen LogP contribution is 2.24. The van der Waals surface area contributed by atoms with Gasteiger partial charge in [0.1, 0.15) is 0 Å². The van der Waals surface area contributed by atoms with Gasteiger partial charge in [-0.1, -0.05) is 72.8 Å². The molecule has 0 aliphatic carbocycles. The summed E-state index contributed by atoms with van der Waals surface area (Å²) in [4.78, 5) is 82.1. The third-order valence-electron chi connectivity index (χ3n) is 10.3. The molecule has 314 valence electrons. The van der Waals surface area contributed by atoms with Crippen molar-refractivity contribution in [3.05, 3.63) is 179 Å². The van der Waals surface area contributed by atoms with Crippen molar-refractivity contribution in [3.63, 3.8) is 0 Å². The van der Waals surface area contributed by atoms with E-state index in [0.717, 1.165) is 33.4 Å². The van der Waals surface area contributed by atoms with Gasteiger partial charge in [0.05, 0.1) is 17.1 Å². The maximum Gasteiger partial charge on any atom is 0.240 e. The van der Waals surface area contributed by atoms with E-state index in [1.54, 1.807) is 36.4 Å². The molecule has 12 heteroatoms. The van der Waals surface area contributed by atoms with Gasteiger partial charge in [-0.05, 0) is 144 Å². The largest absolute Gasteiger partial charge is 0.326 e. The molecule has 0 spiro atoms. The van der Waals surface area contributed by atoms with E-state index in [-0.39, 0.29) is 42.9 Å². The first-order valence-corrected chi connectivity index (χ1v) is 20.4. The van der Waals surface area contributed by atoms with Crippen molar-refractivity contribution in [2.75, 3.05) is 16.0 Å². The first-order chi connectivity index (χ1) is 30.7. The van der Waals surface area contributed by atoms with Crippen LogP contribution in [0.5, 0.6) is 0 Å². The van der Waals surface area contributed by atoms with Crippen LogP contribution in [0.2, 0.25) is 0 Å². The molecule has 3 amide bonds. The zero-order valence-corrected chi connectivity index (χ0v) is 34.4. The molecule has 0 aliphatic rings. The van der Waals surface area contributed by atoms with Crippen molar-refractivity contribution in [2.45, 2.75) is 51.4 Å². The highest BCUT2D eigenvalue weighted by atomic mass is 16.2. The van der Waals surface area contributed by atoms with Gasteiger partial charge in [-0.15, -0.1) is 0 Å². The zero-order valence-electron chi connectivity index (χ0n) is 34.4. The Morgan fingerprint density at radius 1 is 0.381 bits per heavy atom.